The highest BCUT2D eigenvalue weighted by Gasteiger charge is 2.23. The maximum absolute atomic E-state index is 12.3. The zero-order chi connectivity index (χ0) is 13.4. The maximum atomic E-state index is 12.3. The number of phenolic OH excluding ortho intramolecular Hbond substituents is 1. The second kappa shape index (κ2) is 4.55. The molecule has 0 unspecified atom stereocenters. The molecule has 2 heterocycles. The third-order valence-corrected chi connectivity index (χ3v) is 3.90. The van der Waals surface area contributed by atoms with Gasteiger partial charge in [0.1, 0.15) is 11.4 Å². The van der Waals surface area contributed by atoms with Crippen LogP contribution in [0, 0.1) is 0 Å². The number of hydrogen-bond donors (Lipinski definition) is 2. The first-order chi connectivity index (χ1) is 9.13. The Kier molecular flexibility index (Phi) is 2.87. The van der Waals surface area contributed by atoms with Crippen molar-refractivity contribution in [2.75, 3.05) is 12.3 Å². The van der Waals surface area contributed by atoms with Gasteiger partial charge in [0.25, 0.3) is 5.91 Å². The zero-order valence-corrected chi connectivity index (χ0v) is 11.0. The molecule has 0 radical (unpaired) electrons. The van der Waals surface area contributed by atoms with Crippen molar-refractivity contribution in [2.45, 2.75) is 13.0 Å². The van der Waals surface area contributed by atoms with E-state index < -0.39 is 0 Å². The third kappa shape index (κ3) is 2.26. The number of benzene rings is 1. The SMILES string of the molecule is Nc1nc(C(=O)N2CCc3ccc(O)cc3C2)cs1. The number of aromatic nitrogens is 1. The number of nitrogen functional groups attached to an aromatic ring is 1. The molecular formula is C13H13N3O2S. The zero-order valence-electron chi connectivity index (χ0n) is 10.2. The number of fused-ring (bicyclic) bond motifs is 1. The Morgan fingerprint density at radius 2 is 2.26 bits per heavy atom. The Bertz CT molecular complexity index is 639. The largest absolute Gasteiger partial charge is 0.508 e. The molecule has 1 aliphatic rings. The van der Waals surface area contributed by atoms with Gasteiger partial charge in [-0.15, -0.1) is 11.3 Å². The van der Waals surface area contributed by atoms with Crippen LogP contribution in [0.5, 0.6) is 5.75 Å². The molecule has 3 rings (SSSR count). The Morgan fingerprint density at radius 1 is 1.42 bits per heavy atom. The third-order valence-electron chi connectivity index (χ3n) is 3.23. The summed E-state index contributed by atoms with van der Waals surface area (Å²) in [5.74, 6) is 0.118. The van der Waals surface area contributed by atoms with Crippen LogP contribution in [-0.2, 0) is 13.0 Å². The topological polar surface area (TPSA) is 79.5 Å². The molecule has 1 aliphatic heterocycles. The first-order valence-electron chi connectivity index (χ1n) is 5.94. The minimum Gasteiger partial charge on any atom is -0.508 e. The van der Waals surface area contributed by atoms with Crippen molar-refractivity contribution in [3.63, 3.8) is 0 Å². The van der Waals surface area contributed by atoms with E-state index in [1.54, 1.807) is 22.4 Å². The first-order valence-corrected chi connectivity index (χ1v) is 6.82. The molecule has 0 spiro atoms. The number of hydrogen-bond acceptors (Lipinski definition) is 5. The smallest absolute Gasteiger partial charge is 0.273 e. The van der Waals surface area contributed by atoms with E-state index in [0.29, 0.717) is 23.9 Å². The van der Waals surface area contributed by atoms with Crippen molar-refractivity contribution in [3.05, 3.63) is 40.4 Å². The van der Waals surface area contributed by atoms with E-state index in [0.717, 1.165) is 12.0 Å². The van der Waals surface area contributed by atoms with Crippen LogP contribution in [0.1, 0.15) is 21.6 Å². The van der Waals surface area contributed by atoms with Crippen molar-refractivity contribution in [3.8, 4) is 5.75 Å². The molecule has 0 atom stereocenters. The number of carbonyl (C=O) groups is 1. The summed E-state index contributed by atoms with van der Waals surface area (Å²) in [6.45, 7) is 1.16. The highest BCUT2D eigenvalue weighted by atomic mass is 32.1. The van der Waals surface area contributed by atoms with Gasteiger partial charge in [-0.3, -0.25) is 4.79 Å². The van der Waals surface area contributed by atoms with E-state index in [-0.39, 0.29) is 11.7 Å². The highest BCUT2D eigenvalue weighted by molar-refractivity contribution is 7.13. The number of nitrogens with two attached hydrogens (primary N) is 1. The molecule has 19 heavy (non-hydrogen) atoms. The lowest BCUT2D eigenvalue weighted by Crippen LogP contribution is -2.36. The van der Waals surface area contributed by atoms with Crippen LogP contribution in [0.25, 0.3) is 0 Å². The highest BCUT2D eigenvalue weighted by Crippen LogP contribution is 2.24. The van der Waals surface area contributed by atoms with Gasteiger partial charge in [-0.25, -0.2) is 4.98 Å². The summed E-state index contributed by atoms with van der Waals surface area (Å²) in [5, 5.41) is 11.6. The predicted octanol–water partition coefficient (Wildman–Crippen LogP) is 1.63. The summed E-state index contributed by atoms with van der Waals surface area (Å²) in [6, 6.07) is 5.30. The number of nitrogens with zero attached hydrogens (tertiary/aromatic N) is 2. The molecule has 0 bridgehead atoms. The van der Waals surface area contributed by atoms with E-state index in [2.05, 4.69) is 4.98 Å². The average molecular weight is 275 g/mol. The van der Waals surface area contributed by atoms with E-state index >= 15 is 0 Å². The number of carbonyl (C=O) groups excluding carboxylic acids is 1. The van der Waals surface area contributed by atoms with Crippen LogP contribution in [0.3, 0.4) is 0 Å². The molecule has 1 aromatic carbocycles. The van der Waals surface area contributed by atoms with Crippen LogP contribution in [0.15, 0.2) is 23.6 Å². The van der Waals surface area contributed by atoms with Crippen LogP contribution < -0.4 is 5.73 Å². The first kappa shape index (κ1) is 12.0. The lowest BCUT2D eigenvalue weighted by molar-refractivity contribution is 0.0729. The quantitative estimate of drug-likeness (QED) is 0.829. The summed E-state index contributed by atoms with van der Waals surface area (Å²) in [5.41, 5.74) is 8.11. The molecule has 0 saturated carbocycles. The predicted molar refractivity (Wildman–Crippen MR) is 73.1 cm³/mol. The summed E-state index contributed by atoms with van der Waals surface area (Å²) >= 11 is 1.26. The van der Waals surface area contributed by atoms with Gasteiger partial charge in [0.05, 0.1) is 0 Å². The number of aromatic hydroxyl groups is 1. The number of thiazole rings is 1. The summed E-state index contributed by atoms with van der Waals surface area (Å²) in [7, 11) is 0. The van der Waals surface area contributed by atoms with Gasteiger partial charge in [0.2, 0.25) is 0 Å². The Hall–Kier alpha value is -2.08. The van der Waals surface area contributed by atoms with Crippen molar-refractivity contribution in [2.24, 2.45) is 0 Å². The van der Waals surface area contributed by atoms with Gasteiger partial charge in [-0.1, -0.05) is 6.07 Å². The molecular weight excluding hydrogens is 262 g/mol. The standard InChI is InChI=1S/C13H13N3O2S/c14-13-15-11(7-19-13)12(18)16-4-3-8-1-2-10(17)5-9(8)6-16/h1-2,5,7,17H,3-4,6H2,(H2,14,15). The molecule has 0 saturated heterocycles. The normalized spacial score (nSPS) is 14.2. The minimum absolute atomic E-state index is 0.109. The monoisotopic (exact) mass is 275 g/mol. The van der Waals surface area contributed by atoms with Gasteiger partial charge in [-0.05, 0) is 29.7 Å². The molecule has 6 heteroatoms. The summed E-state index contributed by atoms with van der Waals surface area (Å²) in [4.78, 5) is 18.0. The van der Waals surface area contributed by atoms with E-state index in [1.807, 2.05) is 6.07 Å². The van der Waals surface area contributed by atoms with Gasteiger partial charge in [0, 0.05) is 18.5 Å². The molecule has 5 nitrogen and oxygen atoms in total. The number of phenols is 1. The molecule has 0 fully saturated rings. The van der Waals surface area contributed by atoms with Gasteiger partial charge in [0.15, 0.2) is 5.13 Å². The summed E-state index contributed by atoms with van der Waals surface area (Å²) in [6.07, 6.45) is 0.793. The molecule has 1 amide bonds. The lowest BCUT2D eigenvalue weighted by Gasteiger charge is -2.28. The van der Waals surface area contributed by atoms with Crippen LogP contribution in [0.2, 0.25) is 0 Å². The number of rotatable bonds is 1. The lowest BCUT2D eigenvalue weighted by atomic mass is 9.99. The molecule has 98 valence electrons. The van der Waals surface area contributed by atoms with Gasteiger partial charge in [-0.2, -0.15) is 0 Å². The molecule has 2 aromatic rings. The minimum atomic E-state index is -0.109. The van der Waals surface area contributed by atoms with E-state index in [1.165, 1.54) is 16.9 Å². The Labute approximate surface area is 114 Å². The van der Waals surface area contributed by atoms with Gasteiger partial charge < -0.3 is 15.7 Å². The van der Waals surface area contributed by atoms with Crippen LogP contribution in [-0.4, -0.2) is 27.4 Å². The average Bonchev–Trinajstić information content (AvgIpc) is 2.83. The van der Waals surface area contributed by atoms with E-state index in [9.17, 15) is 9.90 Å². The number of anilines is 1. The van der Waals surface area contributed by atoms with E-state index in [4.69, 9.17) is 5.73 Å². The van der Waals surface area contributed by atoms with Gasteiger partial charge >= 0.3 is 0 Å². The van der Waals surface area contributed by atoms with Crippen molar-refractivity contribution < 1.29 is 9.90 Å². The molecule has 0 aliphatic carbocycles. The molecule has 1 aromatic heterocycles. The Balaban J connectivity index is 1.83. The second-order valence-corrected chi connectivity index (χ2v) is 5.39. The van der Waals surface area contributed by atoms with Crippen molar-refractivity contribution >= 4 is 22.4 Å². The second-order valence-electron chi connectivity index (χ2n) is 4.50. The summed E-state index contributed by atoms with van der Waals surface area (Å²) < 4.78 is 0. The van der Waals surface area contributed by atoms with Crippen LogP contribution >= 0.6 is 11.3 Å². The van der Waals surface area contributed by atoms with Crippen LogP contribution in [0.4, 0.5) is 5.13 Å². The maximum Gasteiger partial charge on any atom is 0.273 e. The number of amides is 1. The van der Waals surface area contributed by atoms with Crippen molar-refractivity contribution in [1.29, 1.82) is 0 Å². The fourth-order valence-corrected chi connectivity index (χ4v) is 2.80. The fraction of sp³-hybridized carbons (Fsp3) is 0.231. The fourth-order valence-electron chi connectivity index (χ4n) is 2.26. The molecule has 3 N–H and O–H groups in total. The Morgan fingerprint density at radius 3 is 3.00 bits per heavy atom. The van der Waals surface area contributed by atoms with Crippen molar-refractivity contribution in [1.82, 2.24) is 9.88 Å².